The van der Waals surface area contributed by atoms with Crippen LogP contribution < -0.4 is 5.32 Å². The van der Waals surface area contributed by atoms with Crippen molar-refractivity contribution >= 4 is 0 Å². The van der Waals surface area contributed by atoms with Crippen molar-refractivity contribution in [2.24, 2.45) is 0 Å². The highest BCUT2D eigenvalue weighted by Gasteiger charge is 2.34. The van der Waals surface area contributed by atoms with E-state index in [9.17, 15) is 0 Å². The maximum Gasteiger partial charge on any atom is 0.0572 e. The summed E-state index contributed by atoms with van der Waals surface area (Å²) >= 11 is 0. The van der Waals surface area contributed by atoms with Crippen molar-refractivity contribution in [1.29, 1.82) is 0 Å². The van der Waals surface area contributed by atoms with Crippen LogP contribution in [0.2, 0.25) is 0 Å². The Morgan fingerprint density at radius 2 is 1.90 bits per heavy atom. The first-order chi connectivity index (χ1) is 10.2. The summed E-state index contributed by atoms with van der Waals surface area (Å²) in [6.45, 7) is 7.59. The lowest BCUT2D eigenvalue weighted by Crippen LogP contribution is -2.57. The molecule has 1 aromatic heterocycles. The monoisotopic (exact) mass is 281 g/mol. The summed E-state index contributed by atoms with van der Waals surface area (Å²) in [5.74, 6) is 0. The summed E-state index contributed by atoms with van der Waals surface area (Å²) in [4.78, 5) is 7.03. The van der Waals surface area contributed by atoms with Gasteiger partial charge in [0.2, 0.25) is 0 Å². The zero-order valence-electron chi connectivity index (χ0n) is 12.8. The quantitative estimate of drug-likeness (QED) is 0.937. The van der Waals surface area contributed by atoms with E-state index in [-0.39, 0.29) is 5.54 Å². The van der Waals surface area contributed by atoms with Crippen LogP contribution in [0, 0.1) is 0 Å². The molecule has 0 saturated carbocycles. The SMILES string of the molecule is CC(c1ccccn1)N1CCNC(C)(c2ccccc2)C1. The fourth-order valence-electron chi connectivity index (χ4n) is 3.16. The first-order valence-electron chi connectivity index (χ1n) is 7.64. The molecule has 1 N–H and O–H groups in total. The van der Waals surface area contributed by atoms with Crippen molar-refractivity contribution in [2.45, 2.75) is 25.4 Å². The molecule has 21 heavy (non-hydrogen) atoms. The average molecular weight is 281 g/mol. The van der Waals surface area contributed by atoms with Crippen LogP contribution in [-0.2, 0) is 5.54 Å². The van der Waals surface area contributed by atoms with Gasteiger partial charge < -0.3 is 5.32 Å². The molecule has 2 aromatic rings. The average Bonchev–Trinajstić information content (AvgIpc) is 2.56. The van der Waals surface area contributed by atoms with Gasteiger partial charge in [0.25, 0.3) is 0 Å². The van der Waals surface area contributed by atoms with Gasteiger partial charge in [0.15, 0.2) is 0 Å². The Labute approximate surface area is 127 Å². The number of piperazine rings is 1. The Morgan fingerprint density at radius 1 is 1.14 bits per heavy atom. The van der Waals surface area contributed by atoms with Gasteiger partial charge in [-0.15, -0.1) is 0 Å². The van der Waals surface area contributed by atoms with Crippen molar-refractivity contribution in [3.8, 4) is 0 Å². The molecule has 1 fully saturated rings. The van der Waals surface area contributed by atoms with Crippen molar-refractivity contribution in [2.75, 3.05) is 19.6 Å². The highest BCUT2D eigenvalue weighted by atomic mass is 15.2. The molecule has 2 heterocycles. The lowest BCUT2D eigenvalue weighted by Gasteiger charge is -2.44. The summed E-state index contributed by atoms with van der Waals surface area (Å²) in [5.41, 5.74) is 2.50. The number of pyridine rings is 1. The van der Waals surface area contributed by atoms with E-state index in [0.717, 1.165) is 25.3 Å². The first-order valence-corrected chi connectivity index (χ1v) is 7.64. The van der Waals surface area contributed by atoms with Crippen molar-refractivity contribution in [3.63, 3.8) is 0 Å². The van der Waals surface area contributed by atoms with E-state index >= 15 is 0 Å². The number of aromatic nitrogens is 1. The van der Waals surface area contributed by atoms with Crippen LogP contribution in [0.4, 0.5) is 0 Å². The lowest BCUT2D eigenvalue weighted by atomic mass is 9.89. The van der Waals surface area contributed by atoms with Crippen molar-refractivity contribution in [3.05, 3.63) is 66.0 Å². The van der Waals surface area contributed by atoms with E-state index < -0.39 is 0 Å². The minimum atomic E-state index is 0.00253. The molecule has 3 heteroatoms. The normalized spacial score (nSPS) is 24.7. The number of nitrogens with zero attached hydrogens (tertiary/aromatic N) is 2. The summed E-state index contributed by atoms with van der Waals surface area (Å²) < 4.78 is 0. The van der Waals surface area contributed by atoms with E-state index in [2.05, 4.69) is 71.5 Å². The van der Waals surface area contributed by atoms with Crippen LogP contribution >= 0.6 is 0 Å². The molecule has 1 saturated heterocycles. The third kappa shape index (κ3) is 2.99. The van der Waals surface area contributed by atoms with Crippen LogP contribution in [0.5, 0.6) is 0 Å². The topological polar surface area (TPSA) is 28.2 Å². The highest BCUT2D eigenvalue weighted by Crippen LogP contribution is 2.28. The molecule has 3 nitrogen and oxygen atoms in total. The smallest absolute Gasteiger partial charge is 0.0572 e. The second kappa shape index (κ2) is 5.96. The minimum absolute atomic E-state index is 0.00253. The van der Waals surface area contributed by atoms with Crippen LogP contribution in [0.25, 0.3) is 0 Å². The number of nitrogens with one attached hydrogen (secondary N) is 1. The molecular weight excluding hydrogens is 258 g/mol. The molecular formula is C18H23N3. The molecule has 0 radical (unpaired) electrons. The van der Waals surface area contributed by atoms with E-state index in [0.29, 0.717) is 6.04 Å². The second-order valence-corrected chi connectivity index (χ2v) is 6.03. The fraction of sp³-hybridized carbons (Fsp3) is 0.389. The molecule has 0 bridgehead atoms. The Morgan fingerprint density at radius 3 is 2.62 bits per heavy atom. The largest absolute Gasteiger partial charge is 0.305 e. The van der Waals surface area contributed by atoms with Crippen LogP contribution in [0.3, 0.4) is 0 Å². The van der Waals surface area contributed by atoms with Gasteiger partial charge in [0.1, 0.15) is 0 Å². The number of hydrogen-bond donors (Lipinski definition) is 1. The molecule has 1 aliphatic rings. The summed E-state index contributed by atoms with van der Waals surface area (Å²) in [6, 6.07) is 17.2. The van der Waals surface area contributed by atoms with Gasteiger partial charge in [0.05, 0.1) is 11.2 Å². The summed E-state index contributed by atoms with van der Waals surface area (Å²) in [7, 11) is 0. The van der Waals surface area contributed by atoms with E-state index in [4.69, 9.17) is 0 Å². The van der Waals surface area contributed by atoms with E-state index in [1.54, 1.807) is 0 Å². The Bertz CT molecular complexity index is 570. The fourth-order valence-corrected chi connectivity index (χ4v) is 3.16. The Hall–Kier alpha value is -1.71. The molecule has 0 aliphatic carbocycles. The van der Waals surface area contributed by atoms with Gasteiger partial charge in [0, 0.05) is 31.9 Å². The Kier molecular flexibility index (Phi) is 4.04. The second-order valence-electron chi connectivity index (χ2n) is 6.03. The minimum Gasteiger partial charge on any atom is -0.305 e. The van der Waals surface area contributed by atoms with Crippen molar-refractivity contribution < 1.29 is 0 Å². The standard InChI is InChI=1S/C18H23N3/c1-15(17-10-6-7-11-19-17)21-13-12-20-18(2,14-21)16-8-4-3-5-9-16/h3-11,15,20H,12-14H2,1-2H3. The third-order valence-electron chi connectivity index (χ3n) is 4.51. The van der Waals surface area contributed by atoms with Crippen molar-refractivity contribution in [1.82, 2.24) is 15.2 Å². The molecule has 2 unspecified atom stereocenters. The molecule has 3 rings (SSSR count). The summed E-state index contributed by atoms with van der Waals surface area (Å²) in [5, 5.41) is 3.69. The van der Waals surface area contributed by atoms with Gasteiger partial charge in [-0.05, 0) is 31.5 Å². The number of rotatable bonds is 3. The van der Waals surface area contributed by atoms with Crippen LogP contribution in [-0.4, -0.2) is 29.5 Å². The predicted octanol–water partition coefficient (Wildman–Crippen LogP) is 2.96. The van der Waals surface area contributed by atoms with E-state index in [1.165, 1.54) is 5.56 Å². The molecule has 1 aromatic carbocycles. The number of benzene rings is 1. The molecule has 0 spiro atoms. The zero-order valence-corrected chi connectivity index (χ0v) is 12.8. The van der Waals surface area contributed by atoms with Gasteiger partial charge in [-0.3, -0.25) is 9.88 Å². The zero-order chi connectivity index (χ0) is 14.7. The molecule has 110 valence electrons. The van der Waals surface area contributed by atoms with Gasteiger partial charge in [-0.25, -0.2) is 0 Å². The van der Waals surface area contributed by atoms with Gasteiger partial charge in [-0.2, -0.15) is 0 Å². The molecule has 0 amide bonds. The van der Waals surface area contributed by atoms with E-state index in [1.807, 2.05) is 12.3 Å². The van der Waals surface area contributed by atoms with Crippen LogP contribution in [0.15, 0.2) is 54.7 Å². The van der Waals surface area contributed by atoms with Crippen LogP contribution in [0.1, 0.15) is 31.1 Å². The maximum absolute atomic E-state index is 4.51. The predicted molar refractivity (Wildman–Crippen MR) is 86.0 cm³/mol. The Balaban J connectivity index is 1.80. The van der Waals surface area contributed by atoms with Gasteiger partial charge >= 0.3 is 0 Å². The third-order valence-corrected chi connectivity index (χ3v) is 4.51. The first kappa shape index (κ1) is 14.2. The number of hydrogen-bond acceptors (Lipinski definition) is 3. The summed E-state index contributed by atoms with van der Waals surface area (Å²) in [6.07, 6.45) is 1.88. The molecule has 1 aliphatic heterocycles. The lowest BCUT2D eigenvalue weighted by molar-refractivity contribution is 0.105. The van der Waals surface area contributed by atoms with Gasteiger partial charge in [-0.1, -0.05) is 36.4 Å². The maximum atomic E-state index is 4.51. The highest BCUT2D eigenvalue weighted by molar-refractivity contribution is 5.25. The molecule has 2 atom stereocenters.